The summed E-state index contributed by atoms with van der Waals surface area (Å²) in [6, 6.07) is 3.89. The van der Waals surface area contributed by atoms with E-state index in [1.54, 1.807) is 0 Å². The number of urea groups is 1. The van der Waals surface area contributed by atoms with Crippen molar-refractivity contribution in [2.45, 2.75) is 31.1 Å². The lowest BCUT2D eigenvalue weighted by Gasteiger charge is -2.36. The van der Waals surface area contributed by atoms with Gasteiger partial charge in [-0.3, -0.25) is 0 Å². The minimum atomic E-state index is -0.0790. The van der Waals surface area contributed by atoms with E-state index < -0.39 is 0 Å². The number of carbonyl (C=O) groups is 1. The molecule has 1 aliphatic heterocycles. The summed E-state index contributed by atoms with van der Waals surface area (Å²) in [5, 5.41) is 5.93. The summed E-state index contributed by atoms with van der Waals surface area (Å²) in [5.41, 5.74) is 0. The maximum atomic E-state index is 11.9. The lowest BCUT2D eigenvalue weighted by Crippen LogP contribution is -2.47. The van der Waals surface area contributed by atoms with E-state index in [4.69, 9.17) is 4.74 Å². The Kier molecular flexibility index (Phi) is 6.45. The molecule has 21 heavy (non-hydrogen) atoms. The second kappa shape index (κ2) is 8.34. The first-order valence-electron chi connectivity index (χ1n) is 7.58. The van der Waals surface area contributed by atoms with Crippen molar-refractivity contribution >= 4 is 17.8 Å². The molecule has 118 valence electrons. The fourth-order valence-electron chi connectivity index (χ4n) is 2.54. The Bertz CT molecular complexity index is 411. The smallest absolute Gasteiger partial charge is 0.314 e. The molecule has 1 aliphatic rings. The van der Waals surface area contributed by atoms with Crippen LogP contribution in [0.1, 0.15) is 19.8 Å². The van der Waals surface area contributed by atoms with Gasteiger partial charge in [-0.05, 0) is 30.7 Å². The Morgan fingerprint density at radius 1 is 1.29 bits per heavy atom. The average molecular weight is 311 g/mol. The topological polar surface area (TPSA) is 55.3 Å². The standard InChI is InChI=1S/C15H25N3O2S/c1-2-21-15(5-11-20-12-6-15)13-17-14(19)16-7-10-18-8-3-4-9-18/h3-4,8-9H,2,5-7,10-13H2,1H3,(H2,16,17,19). The van der Waals surface area contributed by atoms with Gasteiger partial charge in [0.1, 0.15) is 0 Å². The number of ether oxygens (including phenoxy) is 1. The molecular formula is C15H25N3O2S. The maximum Gasteiger partial charge on any atom is 0.314 e. The van der Waals surface area contributed by atoms with Crippen LogP contribution >= 0.6 is 11.8 Å². The fourth-order valence-corrected chi connectivity index (χ4v) is 3.79. The van der Waals surface area contributed by atoms with Crippen LogP contribution in [0.4, 0.5) is 4.79 Å². The SMILES string of the molecule is CCSC1(CNC(=O)NCCn2cccc2)CCOCC1. The number of amides is 2. The number of nitrogens with one attached hydrogen (secondary N) is 2. The Balaban J connectivity index is 1.68. The van der Waals surface area contributed by atoms with Gasteiger partial charge in [0.15, 0.2) is 0 Å². The number of thioether (sulfide) groups is 1. The Hall–Kier alpha value is -1.14. The molecule has 6 heteroatoms. The molecule has 0 saturated carbocycles. The van der Waals surface area contributed by atoms with E-state index in [2.05, 4.69) is 17.6 Å². The van der Waals surface area contributed by atoms with Gasteiger partial charge >= 0.3 is 6.03 Å². The van der Waals surface area contributed by atoms with E-state index in [9.17, 15) is 4.79 Å². The zero-order valence-corrected chi connectivity index (χ0v) is 13.5. The maximum absolute atomic E-state index is 11.9. The first-order chi connectivity index (χ1) is 10.2. The van der Waals surface area contributed by atoms with E-state index in [1.165, 1.54) is 0 Å². The predicted octanol–water partition coefficient (Wildman–Crippen LogP) is 2.09. The van der Waals surface area contributed by atoms with Crippen molar-refractivity contribution in [3.63, 3.8) is 0 Å². The van der Waals surface area contributed by atoms with E-state index in [0.717, 1.165) is 38.4 Å². The van der Waals surface area contributed by atoms with E-state index in [-0.39, 0.29) is 10.8 Å². The third-order valence-corrected chi connectivity index (χ3v) is 5.20. The Labute approximate surface area is 130 Å². The highest BCUT2D eigenvalue weighted by molar-refractivity contribution is 8.00. The summed E-state index contributed by atoms with van der Waals surface area (Å²) in [6.45, 7) is 5.90. The quantitative estimate of drug-likeness (QED) is 0.811. The molecule has 2 heterocycles. The van der Waals surface area contributed by atoms with E-state index in [0.29, 0.717) is 13.1 Å². The monoisotopic (exact) mass is 311 g/mol. The normalized spacial score (nSPS) is 17.4. The van der Waals surface area contributed by atoms with Crippen LogP contribution in [-0.4, -0.2) is 47.4 Å². The highest BCUT2D eigenvalue weighted by Crippen LogP contribution is 2.34. The molecule has 0 bridgehead atoms. The van der Waals surface area contributed by atoms with Crippen LogP contribution in [0.2, 0.25) is 0 Å². The summed E-state index contributed by atoms with van der Waals surface area (Å²) in [6.07, 6.45) is 6.01. The summed E-state index contributed by atoms with van der Waals surface area (Å²) in [7, 11) is 0. The van der Waals surface area contributed by atoms with Gasteiger partial charge in [0.25, 0.3) is 0 Å². The van der Waals surface area contributed by atoms with Crippen LogP contribution in [0.5, 0.6) is 0 Å². The number of nitrogens with zero attached hydrogens (tertiary/aromatic N) is 1. The summed E-state index contributed by atoms with van der Waals surface area (Å²) >= 11 is 1.94. The molecule has 2 amide bonds. The zero-order valence-electron chi connectivity index (χ0n) is 12.6. The number of hydrogen-bond donors (Lipinski definition) is 2. The molecule has 0 unspecified atom stereocenters. The molecule has 0 atom stereocenters. The molecule has 1 saturated heterocycles. The van der Waals surface area contributed by atoms with E-state index >= 15 is 0 Å². The molecule has 1 fully saturated rings. The predicted molar refractivity (Wildman–Crippen MR) is 86.7 cm³/mol. The third-order valence-electron chi connectivity index (χ3n) is 3.75. The van der Waals surface area contributed by atoms with Gasteiger partial charge in [-0.25, -0.2) is 4.79 Å². The molecule has 2 N–H and O–H groups in total. The second-order valence-corrected chi connectivity index (χ2v) is 6.99. The van der Waals surface area contributed by atoms with Gasteiger partial charge in [0.2, 0.25) is 0 Å². The van der Waals surface area contributed by atoms with Gasteiger partial charge in [0.05, 0.1) is 0 Å². The van der Waals surface area contributed by atoms with Crippen molar-refractivity contribution < 1.29 is 9.53 Å². The van der Waals surface area contributed by atoms with Gasteiger partial charge in [0, 0.05) is 50.0 Å². The molecule has 0 aliphatic carbocycles. The number of rotatable bonds is 7. The first kappa shape index (κ1) is 16.2. The molecule has 0 radical (unpaired) electrons. The summed E-state index contributed by atoms with van der Waals surface area (Å²) < 4.78 is 7.63. The average Bonchev–Trinajstić information content (AvgIpc) is 3.00. The molecule has 1 aromatic rings. The van der Waals surface area contributed by atoms with Crippen molar-refractivity contribution in [3.8, 4) is 0 Å². The van der Waals surface area contributed by atoms with Crippen molar-refractivity contribution in [2.75, 3.05) is 32.1 Å². The van der Waals surface area contributed by atoms with Crippen molar-refractivity contribution in [2.24, 2.45) is 0 Å². The van der Waals surface area contributed by atoms with Gasteiger partial charge in [-0.2, -0.15) is 11.8 Å². The largest absolute Gasteiger partial charge is 0.381 e. The summed E-state index contributed by atoms with van der Waals surface area (Å²) in [5.74, 6) is 1.07. The van der Waals surface area contributed by atoms with Crippen LogP contribution in [0, 0.1) is 0 Å². The molecule has 0 aromatic carbocycles. The van der Waals surface area contributed by atoms with Crippen LogP contribution in [0.25, 0.3) is 0 Å². The number of aromatic nitrogens is 1. The van der Waals surface area contributed by atoms with Gasteiger partial charge < -0.3 is 19.9 Å². The minimum absolute atomic E-state index is 0.0790. The number of hydrogen-bond acceptors (Lipinski definition) is 3. The van der Waals surface area contributed by atoms with Crippen LogP contribution in [0.3, 0.4) is 0 Å². The molecule has 1 aromatic heterocycles. The molecule has 2 rings (SSSR count). The number of carbonyl (C=O) groups excluding carboxylic acids is 1. The Morgan fingerprint density at radius 2 is 2.00 bits per heavy atom. The van der Waals surface area contributed by atoms with Crippen LogP contribution in [0.15, 0.2) is 24.5 Å². The lowest BCUT2D eigenvalue weighted by molar-refractivity contribution is 0.0776. The highest BCUT2D eigenvalue weighted by atomic mass is 32.2. The van der Waals surface area contributed by atoms with Crippen LogP contribution < -0.4 is 10.6 Å². The van der Waals surface area contributed by atoms with Gasteiger partial charge in [-0.15, -0.1) is 0 Å². The van der Waals surface area contributed by atoms with E-state index in [1.807, 2.05) is 40.9 Å². The lowest BCUT2D eigenvalue weighted by atomic mass is 9.99. The third kappa shape index (κ3) is 5.28. The highest BCUT2D eigenvalue weighted by Gasteiger charge is 2.32. The van der Waals surface area contributed by atoms with Crippen LogP contribution in [-0.2, 0) is 11.3 Å². The first-order valence-corrected chi connectivity index (χ1v) is 8.57. The van der Waals surface area contributed by atoms with Crippen molar-refractivity contribution in [1.29, 1.82) is 0 Å². The fraction of sp³-hybridized carbons (Fsp3) is 0.667. The zero-order chi connectivity index (χ0) is 15.0. The molecule has 0 spiro atoms. The molecule has 5 nitrogen and oxygen atoms in total. The second-order valence-electron chi connectivity index (χ2n) is 5.26. The van der Waals surface area contributed by atoms with Crippen molar-refractivity contribution in [3.05, 3.63) is 24.5 Å². The summed E-state index contributed by atoms with van der Waals surface area (Å²) in [4.78, 5) is 11.9. The van der Waals surface area contributed by atoms with Crippen molar-refractivity contribution in [1.82, 2.24) is 15.2 Å². The minimum Gasteiger partial charge on any atom is -0.381 e. The Morgan fingerprint density at radius 3 is 2.67 bits per heavy atom. The molecular weight excluding hydrogens is 286 g/mol. The van der Waals surface area contributed by atoms with Gasteiger partial charge in [-0.1, -0.05) is 6.92 Å².